The highest BCUT2D eigenvalue weighted by atomic mass is 19.3. The first-order valence-corrected chi connectivity index (χ1v) is 6.29. The molecule has 0 aromatic carbocycles. The highest BCUT2D eigenvalue weighted by Gasteiger charge is 2.31. The third kappa shape index (κ3) is 4.24. The second-order valence-corrected chi connectivity index (χ2v) is 5.62. The zero-order valence-corrected chi connectivity index (χ0v) is 12.6. The predicted molar refractivity (Wildman–Crippen MR) is 71.0 cm³/mol. The second-order valence-electron chi connectivity index (χ2n) is 5.62. The minimum atomic E-state index is -2.84. The fourth-order valence-corrected chi connectivity index (χ4v) is 1.74. The number of likely N-dealkylation sites (N-methyl/N-ethyl adjacent to an activating group) is 1. The molecule has 0 radical (unpaired) electrons. The highest BCUT2D eigenvalue weighted by Crippen LogP contribution is 2.28. The number of aryl methyl sites for hydroxylation is 1. The van der Waals surface area contributed by atoms with Gasteiger partial charge >= 0.3 is 6.09 Å². The normalized spacial score (nSPS) is 13.1. The number of amides is 1. The maximum absolute atomic E-state index is 12.9. The van der Waals surface area contributed by atoms with Gasteiger partial charge < -0.3 is 9.53 Å². The van der Waals surface area contributed by atoms with Crippen molar-refractivity contribution < 1.29 is 23.1 Å². The first kappa shape index (κ1) is 17.1. The Labute approximate surface area is 121 Å². The van der Waals surface area contributed by atoms with Gasteiger partial charge in [0.2, 0.25) is 0 Å². The average molecular weight is 303 g/mol. The molecule has 0 fully saturated rings. The molecule has 1 heterocycles. The summed E-state index contributed by atoms with van der Waals surface area (Å²) in [6.07, 6.45) is -1.91. The standard InChI is InChI=1S/C13H19F2N3O3/c1-13(2,3)21-12(20)18(5)9(7-19)8-6-17(4)16-10(8)11(14)15/h6-7,9,11H,1-5H3. The van der Waals surface area contributed by atoms with E-state index in [1.165, 1.54) is 25.0 Å². The first-order valence-electron chi connectivity index (χ1n) is 6.29. The molecular formula is C13H19F2N3O3. The lowest BCUT2D eigenvalue weighted by atomic mass is 10.1. The van der Waals surface area contributed by atoms with Crippen molar-refractivity contribution in [2.45, 2.75) is 38.8 Å². The summed E-state index contributed by atoms with van der Waals surface area (Å²) in [5.74, 6) is 0. The molecule has 1 aromatic heterocycles. The van der Waals surface area contributed by atoms with Crippen LogP contribution < -0.4 is 0 Å². The SMILES string of the molecule is CN(C(=O)OC(C)(C)C)C(C=O)c1cn(C)nc1C(F)F. The van der Waals surface area contributed by atoms with Crippen LogP contribution in [0.5, 0.6) is 0 Å². The Hall–Kier alpha value is -1.99. The zero-order valence-electron chi connectivity index (χ0n) is 12.6. The Kier molecular flexibility index (Phi) is 5.03. The van der Waals surface area contributed by atoms with Crippen LogP contribution in [0.1, 0.15) is 44.5 Å². The third-order valence-corrected chi connectivity index (χ3v) is 2.64. The molecule has 1 rings (SSSR count). The van der Waals surface area contributed by atoms with Crippen LogP contribution >= 0.6 is 0 Å². The average Bonchev–Trinajstić information content (AvgIpc) is 2.70. The van der Waals surface area contributed by atoms with E-state index >= 15 is 0 Å². The maximum atomic E-state index is 12.9. The molecule has 0 aliphatic carbocycles. The molecule has 0 spiro atoms. The number of nitrogens with zero attached hydrogens (tertiary/aromatic N) is 3. The fraction of sp³-hybridized carbons (Fsp3) is 0.615. The van der Waals surface area contributed by atoms with Crippen LogP contribution in [0.4, 0.5) is 13.6 Å². The summed E-state index contributed by atoms with van der Waals surface area (Å²) in [7, 11) is 2.78. The van der Waals surface area contributed by atoms with E-state index in [0.717, 1.165) is 4.90 Å². The number of aldehydes is 1. The largest absolute Gasteiger partial charge is 0.444 e. The van der Waals surface area contributed by atoms with Gasteiger partial charge in [-0.2, -0.15) is 5.10 Å². The molecule has 118 valence electrons. The second kappa shape index (κ2) is 6.19. The molecule has 1 aromatic rings. The van der Waals surface area contributed by atoms with Crippen LogP contribution in [0.2, 0.25) is 0 Å². The number of ether oxygens (including phenoxy) is 1. The molecule has 6 nitrogen and oxygen atoms in total. The smallest absolute Gasteiger partial charge is 0.410 e. The van der Waals surface area contributed by atoms with Gasteiger partial charge in [0.25, 0.3) is 6.43 Å². The van der Waals surface area contributed by atoms with Crippen LogP contribution in [-0.2, 0) is 16.6 Å². The van der Waals surface area contributed by atoms with Gasteiger partial charge in [-0.15, -0.1) is 0 Å². The van der Waals surface area contributed by atoms with Gasteiger partial charge in [0.15, 0.2) is 0 Å². The number of carbonyl (C=O) groups is 2. The summed E-state index contributed by atoms with van der Waals surface area (Å²) in [6.45, 7) is 5.01. The van der Waals surface area contributed by atoms with Crippen LogP contribution in [0.3, 0.4) is 0 Å². The summed E-state index contributed by atoms with van der Waals surface area (Å²) in [5, 5.41) is 3.62. The Morgan fingerprint density at radius 1 is 1.48 bits per heavy atom. The van der Waals surface area contributed by atoms with Crippen molar-refractivity contribution in [2.24, 2.45) is 7.05 Å². The summed E-state index contributed by atoms with van der Waals surface area (Å²) in [4.78, 5) is 24.2. The van der Waals surface area contributed by atoms with Gasteiger partial charge in [0.05, 0.1) is 0 Å². The molecule has 1 amide bonds. The lowest BCUT2D eigenvalue weighted by Gasteiger charge is -2.27. The number of alkyl halides is 2. The van der Waals surface area contributed by atoms with E-state index in [0.29, 0.717) is 6.29 Å². The fourth-order valence-electron chi connectivity index (χ4n) is 1.74. The number of hydrogen-bond donors (Lipinski definition) is 0. The molecule has 0 N–H and O–H groups in total. The summed E-state index contributed by atoms with van der Waals surface area (Å²) in [6, 6.07) is -1.18. The summed E-state index contributed by atoms with van der Waals surface area (Å²) < 4.78 is 32.2. The predicted octanol–water partition coefficient (Wildman–Crippen LogP) is 2.46. The molecule has 0 saturated carbocycles. The van der Waals surface area contributed by atoms with Crippen molar-refractivity contribution in [1.29, 1.82) is 0 Å². The Balaban J connectivity index is 3.08. The van der Waals surface area contributed by atoms with Crippen LogP contribution in [-0.4, -0.2) is 39.7 Å². The van der Waals surface area contributed by atoms with E-state index in [1.54, 1.807) is 20.8 Å². The number of carbonyl (C=O) groups excluding carboxylic acids is 2. The maximum Gasteiger partial charge on any atom is 0.410 e. The summed E-state index contributed by atoms with van der Waals surface area (Å²) >= 11 is 0. The quantitative estimate of drug-likeness (QED) is 0.802. The van der Waals surface area contributed by atoms with Crippen molar-refractivity contribution in [3.63, 3.8) is 0 Å². The molecule has 8 heteroatoms. The molecule has 0 aliphatic heterocycles. The minimum Gasteiger partial charge on any atom is -0.444 e. The van der Waals surface area contributed by atoms with Gasteiger partial charge in [-0.1, -0.05) is 0 Å². The number of hydrogen-bond acceptors (Lipinski definition) is 4. The van der Waals surface area contributed by atoms with Gasteiger partial charge in [0, 0.05) is 25.9 Å². The van der Waals surface area contributed by atoms with E-state index in [4.69, 9.17) is 4.74 Å². The monoisotopic (exact) mass is 303 g/mol. The van der Waals surface area contributed by atoms with Crippen LogP contribution in [0.25, 0.3) is 0 Å². The van der Waals surface area contributed by atoms with E-state index in [9.17, 15) is 18.4 Å². The minimum absolute atomic E-state index is 0.0177. The van der Waals surface area contributed by atoms with Crippen LogP contribution in [0, 0.1) is 0 Å². The van der Waals surface area contributed by atoms with Crippen molar-refractivity contribution in [3.8, 4) is 0 Å². The van der Waals surface area contributed by atoms with E-state index in [1.807, 2.05) is 0 Å². The van der Waals surface area contributed by atoms with Crippen molar-refractivity contribution in [3.05, 3.63) is 17.5 Å². The molecule has 1 atom stereocenters. The van der Waals surface area contributed by atoms with Crippen molar-refractivity contribution >= 4 is 12.4 Å². The Bertz CT molecular complexity index is 523. The third-order valence-electron chi connectivity index (χ3n) is 2.64. The van der Waals surface area contributed by atoms with Crippen molar-refractivity contribution in [1.82, 2.24) is 14.7 Å². The van der Waals surface area contributed by atoms with Crippen LogP contribution in [0.15, 0.2) is 6.20 Å². The number of halogens is 2. The molecule has 0 bridgehead atoms. The Morgan fingerprint density at radius 2 is 2.05 bits per heavy atom. The molecule has 21 heavy (non-hydrogen) atoms. The van der Waals surface area contributed by atoms with Gasteiger partial charge in [-0.05, 0) is 20.8 Å². The van der Waals surface area contributed by atoms with Gasteiger partial charge in [-0.25, -0.2) is 13.6 Å². The lowest BCUT2D eigenvalue weighted by molar-refractivity contribution is -0.112. The number of aromatic nitrogens is 2. The van der Waals surface area contributed by atoms with Crippen molar-refractivity contribution in [2.75, 3.05) is 7.05 Å². The molecule has 0 saturated heterocycles. The van der Waals surface area contributed by atoms with Gasteiger partial charge in [0.1, 0.15) is 23.6 Å². The van der Waals surface area contributed by atoms with E-state index in [-0.39, 0.29) is 5.56 Å². The number of rotatable bonds is 4. The molecular weight excluding hydrogens is 284 g/mol. The molecule has 1 unspecified atom stereocenters. The lowest BCUT2D eigenvalue weighted by Crippen LogP contribution is -2.37. The van der Waals surface area contributed by atoms with E-state index < -0.39 is 29.9 Å². The molecule has 0 aliphatic rings. The first-order chi connectivity index (χ1) is 9.56. The van der Waals surface area contributed by atoms with E-state index in [2.05, 4.69) is 5.10 Å². The highest BCUT2D eigenvalue weighted by molar-refractivity contribution is 5.74. The summed E-state index contributed by atoms with van der Waals surface area (Å²) in [5.41, 5.74) is -1.29. The topological polar surface area (TPSA) is 64.4 Å². The zero-order chi connectivity index (χ0) is 16.4. The van der Waals surface area contributed by atoms with Gasteiger partial charge in [-0.3, -0.25) is 9.58 Å². The Morgan fingerprint density at radius 3 is 2.48 bits per heavy atom.